The van der Waals surface area contributed by atoms with Gasteiger partial charge in [-0.05, 0) is 40.6 Å². The minimum atomic E-state index is -2.28. The molecule has 37 heavy (non-hydrogen) atoms. The van der Waals surface area contributed by atoms with Gasteiger partial charge in [0, 0.05) is 17.8 Å². The van der Waals surface area contributed by atoms with Gasteiger partial charge in [0.25, 0.3) is 5.69 Å². The molecule has 2 atom stereocenters. The van der Waals surface area contributed by atoms with Crippen LogP contribution in [0.15, 0.2) is 109 Å². The second kappa shape index (κ2) is 9.98. The first-order chi connectivity index (χ1) is 17.8. The zero-order chi connectivity index (χ0) is 26.0. The molecule has 0 saturated carbocycles. The third kappa shape index (κ3) is 4.71. The van der Waals surface area contributed by atoms with Crippen molar-refractivity contribution in [2.45, 2.75) is 50.2 Å². The minimum absolute atomic E-state index is 0.0817. The highest BCUT2D eigenvalue weighted by molar-refractivity contribution is 7.04. The molecule has 4 aromatic rings. The van der Waals surface area contributed by atoms with Crippen molar-refractivity contribution in [2.75, 3.05) is 5.32 Å². The van der Waals surface area contributed by atoms with Gasteiger partial charge in [-0.15, -0.1) is 0 Å². The van der Waals surface area contributed by atoms with Crippen LogP contribution in [0.3, 0.4) is 0 Å². The molecule has 0 amide bonds. The number of hydrogen-bond donors (Lipinski definition) is 1. The summed E-state index contributed by atoms with van der Waals surface area (Å²) in [4.78, 5) is 10.9. The van der Waals surface area contributed by atoms with E-state index >= 15 is 0 Å². The van der Waals surface area contributed by atoms with Crippen molar-refractivity contribution in [3.8, 4) is 0 Å². The highest BCUT2D eigenvalue weighted by atomic mass is 28.3. The van der Waals surface area contributed by atoms with Crippen LogP contribution in [0.2, 0.25) is 11.1 Å². The number of nitro groups is 1. The number of benzene rings is 4. The maximum atomic E-state index is 11.2. The number of nitrogens with zero attached hydrogens (tertiary/aromatic N) is 1. The Hall–Kier alpha value is -3.70. The van der Waals surface area contributed by atoms with E-state index in [2.05, 4.69) is 111 Å². The second-order valence-electron chi connectivity index (χ2n) is 11.2. The summed E-state index contributed by atoms with van der Waals surface area (Å²) in [6.07, 6.45) is 0.944. The molecule has 0 unspecified atom stereocenters. The van der Waals surface area contributed by atoms with Crippen LogP contribution in [-0.2, 0) is 0 Å². The van der Waals surface area contributed by atoms with Crippen molar-refractivity contribution in [1.29, 1.82) is 0 Å². The second-order valence-corrected chi connectivity index (χ2v) is 16.0. The van der Waals surface area contributed by atoms with E-state index in [9.17, 15) is 10.1 Å². The van der Waals surface area contributed by atoms with Gasteiger partial charge in [0.2, 0.25) is 0 Å². The van der Waals surface area contributed by atoms with Gasteiger partial charge in [0.15, 0.2) is 0 Å². The minimum Gasteiger partial charge on any atom is -0.378 e. The maximum absolute atomic E-state index is 11.2. The lowest BCUT2D eigenvalue weighted by atomic mass is 9.85. The molecule has 4 aromatic carbocycles. The topological polar surface area (TPSA) is 55.2 Å². The molecular formula is C32H34N2O2Si. The van der Waals surface area contributed by atoms with E-state index in [1.807, 2.05) is 12.1 Å². The summed E-state index contributed by atoms with van der Waals surface area (Å²) in [6.45, 7) is 7.25. The van der Waals surface area contributed by atoms with Gasteiger partial charge < -0.3 is 5.32 Å². The number of non-ortho nitro benzene ring substituents is 1. The fourth-order valence-corrected chi connectivity index (χ4v) is 12.1. The van der Waals surface area contributed by atoms with Crippen LogP contribution in [0.1, 0.15) is 50.3 Å². The summed E-state index contributed by atoms with van der Waals surface area (Å²) >= 11 is 0. The van der Waals surface area contributed by atoms with Gasteiger partial charge in [-0.3, -0.25) is 10.1 Å². The molecule has 0 spiro atoms. The Labute approximate surface area is 220 Å². The SMILES string of the molecule is CC(C)(C)[Si](C[C@@H]1C[C@H](c2ccc([N+](=O)[O-])cc2)Nc2ccccc21)(c1ccccc1)c1ccccc1. The predicted molar refractivity (Wildman–Crippen MR) is 156 cm³/mol. The fourth-order valence-electron chi connectivity index (χ4n) is 6.27. The molecular weight excluding hydrogens is 472 g/mol. The Morgan fingerprint density at radius 3 is 1.89 bits per heavy atom. The van der Waals surface area contributed by atoms with E-state index in [0.717, 1.165) is 18.0 Å². The Morgan fingerprint density at radius 1 is 0.811 bits per heavy atom. The first kappa shape index (κ1) is 25.0. The van der Waals surface area contributed by atoms with Crippen LogP contribution < -0.4 is 15.7 Å². The fraction of sp³-hybridized carbons (Fsp3) is 0.250. The van der Waals surface area contributed by atoms with Crippen LogP contribution in [-0.4, -0.2) is 13.0 Å². The predicted octanol–water partition coefficient (Wildman–Crippen LogP) is 7.30. The van der Waals surface area contributed by atoms with Gasteiger partial charge >= 0.3 is 0 Å². The van der Waals surface area contributed by atoms with Crippen molar-refractivity contribution in [2.24, 2.45) is 0 Å². The van der Waals surface area contributed by atoms with Crippen LogP contribution in [0.5, 0.6) is 0 Å². The van der Waals surface area contributed by atoms with Crippen molar-refractivity contribution in [1.82, 2.24) is 0 Å². The zero-order valence-electron chi connectivity index (χ0n) is 21.7. The summed E-state index contributed by atoms with van der Waals surface area (Å²) in [5.41, 5.74) is 3.75. The first-order valence-electron chi connectivity index (χ1n) is 13.0. The van der Waals surface area contributed by atoms with Crippen molar-refractivity contribution in [3.63, 3.8) is 0 Å². The molecule has 0 bridgehead atoms. The lowest BCUT2D eigenvalue weighted by Crippen LogP contribution is -2.64. The molecule has 1 aliphatic heterocycles. The molecule has 0 aliphatic carbocycles. The van der Waals surface area contributed by atoms with Crippen molar-refractivity contribution < 1.29 is 4.92 Å². The lowest BCUT2D eigenvalue weighted by molar-refractivity contribution is -0.384. The Kier molecular flexibility index (Phi) is 6.74. The molecule has 5 rings (SSSR count). The summed E-state index contributed by atoms with van der Waals surface area (Å²) < 4.78 is 0. The standard InChI is InChI=1S/C32H34N2O2Si/c1-32(2,3)37(27-12-6-4-7-13-27,28-14-8-5-9-15-28)23-25-22-31(33-30-17-11-10-16-29(25)30)24-18-20-26(21-19-24)34(35)36/h4-21,25,31,33H,22-23H2,1-3H3/t25-,31+/m0/s1. The van der Waals surface area contributed by atoms with E-state index < -0.39 is 8.07 Å². The zero-order valence-corrected chi connectivity index (χ0v) is 22.7. The van der Waals surface area contributed by atoms with E-state index in [0.29, 0.717) is 5.92 Å². The van der Waals surface area contributed by atoms with Gasteiger partial charge in [0.1, 0.15) is 8.07 Å². The van der Waals surface area contributed by atoms with E-state index in [1.54, 1.807) is 12.1 Å². The third-order valence-electron chi connectivity index (χ3n) is 8.12. The first-order valence-corrected chi connectivity index (χ1v) is 15.2. The molecule has 1 aliphatic rings. The quantitative estimate of drug-likeness (QED) is 0.170. The monoisotopic (exact) mass is 506 g/mol. The van der Waals surface area contributed by atoms with Crippen LogP contribution >= 0.6 is 0 Å². The number of anilines is 1. The third-order valence-corrected chi connectivity index (χ3v) is 14.4. The van der Waals surface area contributed by atoms with Crippen LogP contribution in [0.4, 0.5) is 11.4 Å². The summed E-state index contributed by atoms with van der Waals surface area (Å²) in [5.74, 6) is 0.351. The average Bonchev–Trinajstić information content (AvgIpc) is 2.92. The highest BCUT2D eigenvalue weighted by Crippen LogP contribution is 2.48. The van der Waals surface area contributed by atoms with Gasteiger partial charge in [-0.25, -0.2) is 0 Å². The number of hydrogen-bond acceptors (Lipinski definition) is 3. The van der Waals surface area contributed by atoms with Crippen molar-refractivity contribution in [3.05, 3.63) is 130 Å². The van der Waals surface area contributed by atoms with Crippen molar-refractivity contribution >= 4 is 29.8 Å². The van der Waals surface area contributed by atoms with Gasteiger partial charge in [-0.1, -0.05) is 122 Å². The summed E-state index contributed by atoms with van der Waals surface area (Å²) in [7, 11) is -2.28. The largest absolute Gasteiger partial charge is 0.378 e. The summed E-state index contributed by atoms with van der Waals surface area (Å²) in [6, 6.07) is 39.2. The van der Waals surface area contributed by atoms with Gasteiger partial charge in [-0.2, -0.15) is 0 Å². The molecule has 1 N–H and O–H groups in total. The summed E-state index contributed by atoms with van der Waals surface area (Å²) in [5, 5.41) is 18.0. The van der Waals surface area contributed by atoms with E-state index in [4.69, 9.17) is 0 Å². The molecule has 0 aromatic heterocycles. The molecule has 0 fully saturated rings. The van der Waals surface area contributed by atoms with E-state index in [-0.39, 0.29) is 21.7 Å². The molecule has 5 heteroatoms. The number of rotatable bonds is 6. The maximum Gasteiger partial charge on any atom is 0.269 e. The molecule has 188 valence electrons. The molecule has 4 nitrogen and oxygen atoms in total. The molecule has 1 heterocycles. The van der Waals surface area contributed by atoms with Crippen LogP contribution in [0, 0.1) is 10.1 Å². The Bertz CT molecular complexity index is 1330. The number of nitrogens with one attached hydrogen (secondary N) is 1. The number of fused-ring (bicyclic) bond motifs is 1. The smallest absolute Gasteiger partial charge is 0.269 e. The molecule has 0 radical (unpaired) electrons. The number of nitro benzene ring substituents is 1. The lowest BCUT2D eigenvalue weighted by Gasteiger charge is -2.47. The Balaban J connectivity index is 1.62. The molecule has 0 saturated heterocycles. The number of para-hydroxylation sites is 1. The van der Waals surface area contributed by atoms with E-state index in [1.165, 1.54) is 21.6 Å². The normalized spacial score (nSPS) is 17.5. The van der Waals surface area contributed by atoms with Gasteiger partial charge in [0.05, 0.1) is 11.0 Å². The van der Waals surface area contributed by atoms with Crippen LogP contribution in [0.25, 0.3) is 0 Å². The Morgan fingerprint density at radius 2 is 1.35 bits per heavy atom. The highest BCUT2D eigenvalue weighted by Gasteiger charge is 2.49. The average molecular weight is 507 g/mol.